The Balaban J connectivity index is 0.000000626. The van der Waals surface area contributed by atoms with Crippen LogP contribution in [0.15, 0.2) is 24.3 Å². The van der Waals surface area contributed by atoms with Crippen LogP contribution in [0.1, 0.15) is 60.2 Å². The van der Waals surface area contributed by atoms with Crippen LogP contribution in [-0.2, 0) is 9.53 Å². The Bertz CT molecular complexity index is 495. The van der Waals surface area contributed by atoms with Crippen LogP contribution >= 0.6 is 0 Å². The van der Waals surface area contributed by atoms with Crippen LogP contribution in [0.25, 0.3) is 0 Å². The summed E-state index contributed by atoms with van der Waals surface area (Å²) in [6, 6.07) is 6.03. The van der Waals surface area contributed by atoms with Gasteiger partial charge in [0.05, 0.1) is 17.7 Å². The molecule has 1 aromatic carbocycles. The van der Waals surface area contributed by atoms with Crippen molar-refractivity contribution < 1.29 is 29.3 Å². The van der Waals surface area contributed by atoms with Crippen LogP contribution in [0.4, 0.5) is 0 Å². The second kappa shape index (κ2) is 11.3. The average Bonchev–Trinajstić information content (AvgIpc) is 2.47. The van der Waals surface area contributed by atoms with Gasteiger partial charge in [-0.15, -0.1) is 0 Å². The minimum Gasteiger partial charge on any atom is -0.481 e. The molecule has 0 radical (unpaired) electrons. The maximum absolute atomic E-state index is 11.6. The smallest absolute Gasteiger partial charge is 0.339 e. The number of carboxylic acids is 2. The summed E-state index contributed by atoms with van der Waals surface area (Å²) in [5, 5.41) is 16.8. The molecule has 0 bridgehead atoms. The van der Waals surface area contributed by atoms with E-state index in [1.54, 1.807) is 12.1 Å². The van der Waals surface area contributed by atoms with Crippen LogP contribution in [0.2, 0.25) is 0 Å². The molecule has 6 nitrogen and oxygen atoms in total. The monoisotopic (exact) mass is 310 g/mol. The Morgan fingerprint density at radius 3 is 2.00 bits per heavy atom. The molecule has 0 aromatic heterocycles. The number of carbonyl (C=O) groups is 3. The van der Waals surface area contributed by atoms with Gasteiger partial charge < -0.3 is 14.9 Å². The Kier molecular flexibility index (Phi) is 10.1. The molecule has 0 spiro atoms. The number of aliphatic carboxylic acids is 1. The van der Waals surface area contributed by atoms with E-state index in [1.165, 1.54) is 12.1 Å². The summed E-state index contributed by atoms with van der Waals surface area (Å²) >= 11 is 0. The molecule has 2 N–H and O–H groups in total. The van der Waals surface area contributed by atoms with E-state index < -0.39 is 17.9 Å². The molecule has 0 aliphatic rings. The van der Waals surface area contributed by atoms with Crippen LogP contribution in [0.5, 0.6) is 0 Å². The standard InChI is InChI=1S/C12H14O4.C4H8O2/c1-2-3-8-16-12(15)10-7-5-4-6-9(10)11(13)14;1-2-3-4(5)6/h4-7H,2-3,8H2,1H3,(H,13,14);2-3H2,1H3,(H,5,6). The molecule has 22 heavy (non-hydrogen) atoms. The van der Waals surface area contributed by atoms with Gasteiger partial charge in [0.1, 0.15) is 0 Å². The van der Waals surface area contributed by atoms with E-state index in [0.717, 1.165) is 19.3 Å². The molecule has 6 heteroatoms. The first-order valence-corrected chi connectivity index (χ1v) is 7.15. The Morgan fingerprint density at radius 1 is 1.00 bits per heavy atom. The highest BCUT2D eigenvalue weighted by Gasteiger charge is 2.16. The van der Waals surface area contributed by atoms with Crippen molar-refractivity contribution in [2.45, 2.75) is 39.5 Å². The topological polar surface area (TPSA) is 101 Å². The molecule has 1 rings (SSSR count). The normalized spacial score (nSPS) is 9.36. The third kappa shape index (κ3) is 8.04. The second-order valence-electron chi connectivity index (χ2n) is 4.48. The highest BCUT2D eigenvalue weighted by Crippen LogP contribution is 2.10. The lowest BCUT2D eigenvalue weighted by molar-refractivity contribution is -0.137. The first-order chi connectivity index (χ1) is 10.4. The van der Waals surface area contributed by atoms with Gasteiger partial charge in [-0.05, 0) is 25.0 Å². The Morgan fingerprint density at radius 2 is 1.59 bits per heavy atom. The van der Waals surface area contributed by atoms with Crippen molar-refractivity contribution in [3.8, 4) is 0 Å². The zero-order chi connectivity index (χ0) is 17.0. The van der Waals surface area contributed by atoms with Gasteiger partial charge in [-0.3, -0.25) is 4.79 Å². The molecule has 0 atom stereocenters. The van der Waals surface area contributed by atoms with Gasteiger partial charge in [-0.2, -0.15) is 0 Å². The fraction of sp³-hybridized carbons (Fsp3) is 0.438. The third-order valence-electron chi connectivity index (χ3n) is 2.57. The van der Waals surface area contributed by atoms with E-state index in [-0.39, 0.29) is 11.1 Å². The average molecular weight is 310 g/mol. The first-order valence-electron chi connectivity index (χ1n) is 7.15. The molecule has 0 heterocycles. The molecule has 0 fully saturated rings. The maximum Gasteiger partial charge on any atom is 0.339 e. The minimum absolute atomic E-state index is 0.0241. The van der Waals surface area contributed by atoms with Crippen LogP contribution in [0, 0.1) is 0 Å². The summed E-state index contributed by atoms with van der Waals surface area (Å²) in [4.78, 5) is 32.0. The maximum atomic E-state index is 11.6. The summed E-state index contributed by atoms with van der Waals surface area (Å²) in [7, 11) is 0. The van der Waals surface area contributed by atoms with Gasteiger partial charge in [-0.25, -0.2) is 9.59 Å². The van der Waals surface area contributed by atoms with Gasteiger partial charge in [0.15, 0.2) is 0 Å². The van der Waals surface area contributed by atoms with Crippen molar-refractivity contribution in [1.29, 1.82) is 0 Å². The molecule has 0 saturated carbocycles. The number of carbonyl (C=O) groups excluding carboxylic acids is 1. The predicted molar refractivity (Wildman–Crippen MR) is 81.1 cm³/mol. The zero-order valence-electron chi connectivity index (χ0n) is 12.9. The highest BCUT2D eigenvalue weighted by molar-refractivity contribution is 6.02. The fourth-order valence-corrected chi connectivity index (χ4v) is 1.45. The summed E-state index contributed by atoms with van der Waals surface area (Å²) in [6.07, 6.45) is 2.73. The summed E-state index contributed by atoms with van der Waals surface area (Å²) in [5.74, 6) is -2.41. The molecule has 122 valence electrons. The molecule has 0 saturated heterocycles. The molecular weight excluding hydrogens is 288 g/mol. The number of aromatic carboxylic acids is 1. The van der Waals surface area contributed by atoms with Crippen molar-refractivity contribution in [2.75, 3.05) is 6.61 Å². The number of hydrogen-bond donors (Lipinski definition) is 2. The van der Waals surface area contributed by atoms with Crippen molar-refractivity contribution >= 4 is 17.9 Å². The molecule has 0 aliphatic carbocycles. The molecule has 0 amide bonds. The summed E-state index contributed by atoms with van der Waals surface area (Å²) in [6.45, 7) is 4.15. The van der Waals surface area contributed by atoms with Gasteiger partial charge >= 0.3 is 17.9 Å². The second-order valence-corrected chi connectivity index (χ2v) is 4.48. The molecule has 0 unspecified atom stereocenters. The molecular formula is C16H22O6. The van der Waals surface area contributed by atoms with E-state index in [0.29, 0.717) is 13.0 Å². The van der Waals surface area contributed by atoms with E-state index in [9.17, 15) is 14.4 Å². The van der Waals surface area contributed by atoms with E-state index in [4.69, 9.17) is 14.9 Å². The lowest BCUT2D eigenvalue weighted by Crippen LogP contribution is -2.12. The van der Waals surface area contributed by atoms with Crippen LogP contribution < -0.4 is 0 Å². The van der Waals surface area contributed by atoms with E-state index in [2.05, 4.69) is 0 Å². The van der Waals surface area contributed by atoms with E-state index in [1.807, 2.05) is 13.8 Å². The number of esters is 1. The quantitative estimate of drug-likeness (QED) is 0.592. The highest BCUT2D eigenvalue weighted by atomic mass is 16.5. The first kappa shape index (κ1) is 19.6. The van der Waals surface area contributed by atoms with Gasteiger partial charge in [0, 0.05) is 6.42 Å². The minimum atomic E-state index is -1.12. The molecule has 1 aromatic rings. The largest absolute Gasteiger partial charge is 0.481 e. The summed E-state index contributed by atoms with van der Waals surface area (Å²) in [5.41, 5.74) is 0.0788. The number of benzene rings is 1. The number of hydrogen-bond acceptors (Lipinski definition) is 4. The fourth-order valence-electron chi connectivity index (χ4n) is 1.45. The lowest BCUT2D eigenvalue weighted by Gasteiger charge is -2.06. The SMILES string of the molecule is CCCC(=O)O.CCCCOC(=O)c1ccccc1C(=O)O. The van der Waals surface area contributed by atoms with Crippen LogP contribution in [-0.4, -0.2) is 34.7 Å². The lowest BCUT2D eigenvalue weighted by atomic mass is 10.1. The Labute approximate surface area is 129 Å². The van der Waals surface area contributed by atoms with Gasteiger partial charge in [-0.1, -0.05) is 32.4 Å². The van der Waals surface area contributed by atoms with Gasteiger partial charge in [0.2, 0.25) is 0 Å². The number of ether oxygens (including phenoxy) is 1. The summed E-state index contributed by atoms with van der Waals surface area (Å²) < 4.78 is 4.96. The van der Waals surface area contributed by atoms with Crippen molar-refractivity contribution in [2.24, 2.45) is 0 Å². The molecule has 0 aliphatic heterocycles. The number of carboxylic acid groups (broad SMARTS) is 2. The zero-order valence-corrected chi connectivity index (χ0v) is 12.9. The van der Waals surface area contributed by atoms with Crippen molar-refractivity contribution in [1.82, 2.24) is 0 Å². The van der Waals surface area contributed by atoms with Crippen LogP contribution in [0.3, 0.4) is 0 Å². The Hall–Kier alpha value is -2.37. The number of rotatable bonds is 7. The van der Waals surface area contributed by atoms with Crippen molar-refractivity contribution in [3.05, 3.63) is 35.4 Å². The third-order valence-corrected chi connectivity index (χ3v) is 2.57. The van der Waals surface area contributed by atoms with Gasteiger partial charge in [0.25, 0.3) is 0 Å². The predicted octanol–water partition coefficient (Wildman–Crippen LogP) is 3.21. The number of unbranched alkanes of at least 4 members (excludes halogenated alkanes) is 1. The van der Waals surface area contributed by atoms with Crippen molar-refractivity contribution in [3.63, 3.8) is 0 Å². The van der Waals surface area contributed by atoms with E-state index >= 15 is 0 Å².